The van der Waals surface area contributed by atoms with Gasteiger partial charge in [-0.2, -0.15) is 0 Å². The fourth-order valence-corrected chi connectivity index (χ4v) is 1.96. The molecule has 1 atom stereocenters. The number of hydrogen-bond donors (Lipinski definition) is 1. The Labute approximate surface area is 94.4 Å². The molecule has 0 aliphatic carbocycles. The van der Waals surface area contributed by atoms with Crippen molar-refractivity contribution < 1.29 is 9.47 Å². The molecule has 4 nitrogen and oxygen atoms in total. The van der Waals surface area contributed by atoms with Crippen molar-refractivity contribution in [3.8, 4) is 0 Å². The lowest BCUT2D eigenvalue weighted by molar-refractivity contribution is -0.148. The maximum Gasteiger partial charge on any atom is 0.172 e. The van der Waals surface area contributed by atoms with Gasteiger partial charge in [-0.15, -0.1) is 11.3 Å². The van der Waals surface area contributed by atoms with Crippen molar-refractivity contribution >= 4 is 11.3 Å². The predicted molar refractivity (Wildman–Crippen MR) is 60.8 cm³/mol. The second kappa shape index (κ2) is 6.90. The van der Waals surface area contributed by atoms with Crippen LogP contribution in [-0.4, -0.2) is 30.5 Å². The molecule has 2 N–H and O–H groups in total. The standard InChI is InChI=1S/C10H18N2O2S/c1-3-13-10(14-4-2)8(11)7-9-12-5-6-15-9/h5-6,8,10H,3-4,7,11H2,1-2H3. The number of aromatic nitrogens is 1. The quantitative estimate of drug-likeness (QED) is 0.720. The fourth-order valence-electron chi connectivity index (χ4n) is 1.28. The minimum absolute atomic E-state index is 0.156. The Kier molecular flexibility index (Phi) is 5.78. The third-order valence-electron chi connectivity index (χ3n) is 1.91. The van der Waals surface area contributed by atoms with E-state index in [1.54, 1.807) is 17.5 Å². The summed E-state index contributed by atoms with van der Waals surface area (Å²) in [7, 11) is 0. The largest absolute Gasteiger partial charge is 0.351 e. The molecule has 0 aromatic carbocycles. The number of hydrogen-bond acceptors (Lipinski definition) is 5. The number of ether oxygens (including phenoxy) is 2. The van der Waals surface area contributed by atoms with Crippen molar-refractivity contribution in [1.82, 2.24) is 4.98 Å². The molecular formula is C10H18N2O2S. The summed E-state index contributed by atoms with van der Waals surface area (Å²) < 4.78 is 10.8. The fraction of sp³-hybridized carbons (Fsp3) is 0.700. The van der Waals surface area contributed by atoms with E-state index in [0.29, 0.717) is 19.6 Å². The zero-order chi connectivity index (χ0) is 11.1. The second-order valence-electron chi connectivity index (χ2n) is 3.07. The molecular weight excluding hydrogens is 212 g/mol. The third kappa shape index (κ3) is 4.25. The molecule has 1 rings (SSSR count). The molecule has 15 heavy (non-hydrogen) atoms. The number of thiazole rings is 1. The Morgan fingerprint density at radius 1 is 1.40 bits per heavy atom. The summed E-state index contributed by atoms with van der Waals surface area (Å²) in [5, 5.41) is 2.96. The van der Waals surface area contributed by atoms with Crippen LogP contribution in [0.1, 0.15) is 18.9 Å². The van der Waals surface area contributed by atoms with E-state index in [0.717, 1.165) is 5.01 Å². The van der Waals surface area contributed by atoms with Gasteiger partial charge in [0, 0.05) is 31.2 Å². The predicted octanol–water partition coefficient (Wildman–Crippen LogP) is 1.41. The molecule has 0 fully saturated rings. The average Bonchev–Trinajstić information content (AvgIpc) is 2.70. The molecule has 0 amide bonds. The summed E-state index contributed by atoms with van der Waals surface area (Å²) in [6, 6.07) is -0.156. The van der Waals surface area contributed by atoms with Crippen LogP contribution in [-0.2, 0) is 15.9 Å². The van der Waals surface area contributed by atoms with E-state index in [1.807, 2.05) is 19.2 Å². The molecule has 1 unspecified atom stereocenters. The zero-order valence-corrected chi connectivity index (χ0v) is 10.00. The van der Waals surface area contributed by atoms with Gasteiger partial charge in [0.25, 0.3) is 0 Å². The van der Waals surface area contributed by atoms with Crippen LogP contribution in [0.4, 0.5) is 0 Å². The molecule has 0 aliphatic rings. The minimum Gasteiger partial charge on any atom is -0.351 e. The molecule has 1 aromatic rings. The van der Waals surface area contributed by atoms with Gasteiger partial charge in [-0.3, -0.25) is 0 Å². The van der Waals surface area contributed by atoms with Gasteiger partial charge in [-0.05, 0) is 13.8 Å². The molecule has 1 heterocycles. The van der Waals surface area contributed by atoms with Crippen LogP contribution in [0.5, 0.6) is 0 Å². The van der Waals surface area contributed by atoms with Crippen LogP contribution in [0.3, 0.4) is 0 Å². The van der Waals surface area contributed by atoms with E-state index >= 15 is 0 Å². The molecule has 0 spiro atoms. The Morgan fingerprint density at radius 2 is 2.07 bits per heavy atom. The summed E-state index contributed by atoms with van der Waals surface area (Å²) in [4.78, 5) is 4.19. The summed E-state index contributed by atoms with van der Waals surface area (Å²) in [6.07, 6.45) is 2.15. The highest BCUT2D eigenvalue weighted by molar-refractivity contribution is 7.09. The molecule has 0 radical (unpaired) electrons. The van der Waals surface area contributed by atoms with Crippen molar-refractivity contribution in [2.75, 3.05) is 13.2 Å². The van der Waals surface area contributed by atoms with Crippen molar-refractivity contribution in [3.63, 3.8) is 0 Å². The lowest BCUT2D eigenvalue weighted by atomic mass is 10.2. The summed E-state index contributed by atoms with van der Waals surface area (Å²) in [5.41, 5.74) is 6.00. The van der Waals surface area contributed by atoms with E-state index in [9.17, 15) is 0 Å². The van der Waals surface area contributed by atoms with Crippen LogP contribution >= 0.6 is 11.3 Å². The second-order valence-corrected chi connectivity index (χ2v) is 4.05. The third-order valence-corrected chi connectivity index (χ3v) is 2.71. The summed E-state index contributed by atoms with van der Waals surface area (Å²) in [6.45, 7) is 5.08. The first-order valence-corrected chi connectivity index (χ1v) is 6.03. The number of nitrogens with zero attached hydrogens (tertiary/aromatic N) is 1. The summed E-state index contributed by atoms with van der Waals surface area (Å²) in [5.74, 6) is 0. The van der Waals surface area contributed by atoms with E-state index in [2.05, 4.69) is 4.98 Å². The van der Waals surface area contributed by atoms with Gasteiger partial charge in [0.1, 0.15) is 0 Å². The molecule has 0 aliphatic heterocycles. The van der Waals surface area contributed by atoms with Crippen molar-refractivity contribution in [3.05, 3.63) is 16.6 Å². The molecule has 0 saturated heterocycles. The highest BCUT2D eigenvalue weighted by Crippen LogP contribution is 2.10. The first-order chi connectivity index (χ1) is 7.27. The molecule has 0 bridgehead atoms. The monoisotopic (exact) mass is 230 g/mol. The van der Waals surface area contributed by atoms with Gasteiger partial charge in [0.15, 0.2) is 6.29 Å². The van der Waals surface area contributed by atoms with E-state index in [4.69, 9.17) is 15.2 Å². The first kappa shape index (κ1) is 12.6. The highest BCUT2D eigenvalue weighted by atomic mass is 32.1. The van der Waals surface area contributed by atoms with E-state index in [1.165, 1.54) is 0 Å². The first-order valence-electron chi connectivity index (χ1n) is 5.15. The Morgan fingerprint density at radius 3 is 2.53 bits per heavy atom. The molecule has 86 valence electrons. The lowest BCUT2D eigenvalue weighted by Gasteiger charge is -2.22. The molecule has 0 saturated carbocycles. The molecule has 5 heteroatoms. The van der Waals surface area contributed by atoms with Crippen molar-refractivity contribution in [1.29, 1.82) is 0 Å². The van der Waals surface area contributed by atoms with Crippen LogP contribution in [0, 0.1) is 0 Å². The van der Waals surface area contributed by atoms with Crippen LogP contribution in [0.15, 0.2) is 11.6 Å². The Bertz CT molecular complexity index is 248. The lowest BCUT2D eigenvalue weighted by Crippen LogP contribution is -2.40. The van der Waals surface area contributed by atoms with Crippen molar-refractivity contribution in [2.45, 2.75) is 32.6 Å². The van der Waals surface area contributed by atoms with Crippen LogP contribution in [0.2, 0.25) is 0 Å². The van der Waals surface area contributed by atoms with Crippen LogP contribution in [0.25, 0.3) is 0 Å². The van der Waals surface area contributed by atoms with E-state index < -0.39 is 0 Å². The zero-order valence-electron chi connectivity index (χ0n) is 9.18. The topological polar surface area (TPSA) is 57.4 Å². The van der Waals surface area contributed by atoms with Gasteiger partial charge < -0.3 is 15.2 Å². The summed E-state index contributed by atoms with van der Waals surface area (Å²) >= 11 is 1.60. The normalized spacial score (nSPS) is 13.3. The van der Waals surface area contributed by atoms with Gasteiger partial charge in [-0.25, -0.2) is 4.98 Å². The Balaban J connectivity index is 2.44. The average molecular weight is 230 g/mol. The van der Waals surface area contributed by atoms with Crippen LogP contribution < -0.4 is 5.73 Å². The minimum atomic E-state index is -0.330. The van der Waals surface area contributed by atoms with Gasteiger partial charge in [0.05, 0.1) is 11.0 Å². The van der Waals surface area contributed by atoms with Gasteiger partial charge >= 0.3 is 0 Å². The van der Waals surface area contributed by atoms with Crippen molar-refractivity contribution in [2.24, 2.45) is 5.73 Å². The highest BCUT2D eigenvalue weighted by Gasteiger charge is 2.19. The SMILES string of the molecule is CCOC(OCC)C(N)Cc1nccs1. The Hall–Kier alpha value is -0.490. The number of rotatable bonds is 7. The van der Waals surface area contributed by atoms with Gasteiger partial charge in [0.2, 0.25) is 0 Å². The smallest absolute Gasteiger partial charge is 0.172 e. The molecule has 1 aromatic heterocycles. The maximum absolute atomic E-state index is 6.00. The maximum atomic E-state index is 6.00. The van der Waals surface area contributed by atoms with Gasteiger partial charge in [-0.1, -0.05) is 0 Å². The van der Waals surface area contributed by atoms with E-state index in [-0.39, 0.29) is 12.3 Å². The number of nitrogens with two attached hydrogens (primary N) is 1.